The minimum atomic E-state index is 0.290. The molecule has 8 nitrogen and oxygen atoms in total. The molecule has 2 heterocycles. The van der Waals surface area contributed by atoms with Crippen molar-refractivity contribution in [2.24, 2.45) is 0 Å². The van der Waals surface area contributed by atoms with Crippen molar-refractivity contribution in [2.75, 3.05) is 44.9 Å². The summed E-state index contributed by atoms with van der Waals surface area (Å²) < 4.78 is 7.92. The maximum absolute atomic E-state index is 9.87. The van der Waals surface area contributed by atoms with Crippen LogP contribution in [-0.2, 0) is 0 Å². The van der Waals surface area contributed by atoms with E-state index in [-0.39, 0.29) is 0 Å². The fourth-order valence-electron chi connectivity index (χ4n) is 4.54. The normalized spacial score (nSPS) is 11.3. The highest BCUT2D eigenvalue weighted by molar-refractivity contribution is 7.99. The molecule has 210 valence electrons. The van der Waals surface area contributed by atoms with Gasteiger partial charge in [0.2, 0.25) is 0 Å². The predicted octanol–water partition coefficient (Wildman–Crippen LogP) is 7.42. The van der Waals surface area contributed by atoms with Gasteiger partial charge in [0, 0.05) is 40.4 Å². The Morgan fingerprint density at radius 3 is 2.62 bits per heavy atom. The van der Waals surface area contributed by atoms with Gasteiger partial charge in [-0.3, -0.25) is 4.98 Å². The average molecular weight is 578 g/mol. The second-order valence-electron chi connectivity index (χ2n) is 10.2. The van der Waals surface area contributed by atoms with Crippen LogP contribution in [0.5, 0.6) is 5.75 Å². The molecule has 0 radical (unpaired) electrons. The average Bonchev–Trinajstić information content (AvgIpc) is 3.20. The highest BCUT2D eigenvalue weighted by Crippen LogP contribution is 2.39. The number of nitrogens with one attached hydrogen (secondary N) is 2. The van der Waals surface area contributed by atoms with Crippen LogP contribution in [-0.4, -0.2) is 53.7 Å². The molecule has 0 atom stereocenters. The van der Waals surface area contributed by atoms with Gasteiger partial charge in [-0.1, -0.05) is 23.4 Å². The number of ether oxygens (including phenoxy) is 1. The minimum absolute atomic E-state index is 0.290. The van der Waals surface area contributed by atoms with E-state index in [0.29, 0.717) is 28.1 Å². The Morgan fingerprint density at radius 2 is 1.98 bits per heavy atom. The largest absolute Gasteiger partial charge is 0.495 e. The monoisotopic (exact) mass is 577 g/mol. The summed E-state index contributed by atoms with van der Waals surface area (Å²) in [5.74, 6) is 0.688. The van der Waals surface area contributed by atoms with Crippen LogP contribution in [0.15, 0.2) is 46.6 Å². The molecule has 2 N–H and O–H groups in total. The van der Waals surface area contributed by atoms with Crippen molar-refractivity contribution in [1.29, 1.82) is 5.26 Å². The van der Waals surface area contributed by atoms with E-state index in [1.54, 1.807) is 25.1 Å². The molecule has 0 saturated carbocycles. The maximum Gasteiger partial charge on any atom is 0.173 e. The van der Waals surface area contributed by atoms with Gasteiger partial charge in [0.25, 0.3) is 0 Å². The fourth-order valence-corrected chi connectivity index (χ4v) is 5.96. The lowest BCUT2D eigenvalue weighted by Gasteiger charge is -2.17. The third-order valence-corrected chi connectivity index (χ3v) is 8.15. The maximum atomic E-state index is 9.87. The first-order valence-electron chi connectivity index (χ1n) is 13.2. The molecule has 4 aromatic rings. The molecule has 0 fully saturated rings. The third-order valence-electron chi connectivity index (χ3n) is 6.68. The zero-order chi connectivity index (χ0) is 29.0. The van der Waals surface area contributed by atoms with E-state index in [2.05, 4.69) is 66.0 Å². The van der Waals surface area contributed by atoms with E-state index in [1.807, 2.05) is 37.3 Å². The third kappa shape index (κ3) is 6.47. The van der Waals surface area contributed by atoms with E-state index in [0.717, 1.165) is 63.2 Å². The molecule has 2 aromatic carbocycles. The summed E-state index contributed by atoms with van der Waals surface area (Å²) in [7, 11) is 5.76. The molecule has 4 rings (SSSR count). The molecule has 0 aliphatic carbocycles. The van der Waals surface area contributed by atoms with Crippen molar-refractivity contribution in [1.82, 2.24) is 19.4 Å². The molecule has 0 saturated heterocycles. The molecule has 0 amide bonds. The van der Waals surface area contributed by atoms with E-state index in [9.17, 15) is 5.26 Å². The van der Waals surface area contributed by atoms with Crippen LogP contribution in [0.2, 0.25) is 5.02 Å². The highest BCUT2D eigenvalue weighted by atomic mass is 35.5. The Balaban J connectivity index is 1.63. The van der Waals surface area contributed by atoms with Gasteiger partial charge in [0.1, 0.15) is 11.8 Å². The summed E-state index contributed by atoms with van der Waals surface area (Å²) in [5, 5.41) is 19.0. The van der Waals surface area contributed by atoms with Gasteiger partial charge < -0.3 is 24.8 Å². The van der Waals surface area contributed by atoms with Gasteiger partial charge in [-0.05, 0) is 85.1 Å². The first-order valence-corrected chi connectivity index (χ1v) is 14.4. The van der Waals surface area contributed by atoms with Crippen molar-refractivity contribution < 1.29 is 4.74 Å². The number of halogens is 1. The minimum Gasteiger partial charge on any atom is -0.495 e. The highest BCUT2D eigenvalue weighted by Gasteiger charge is 2.18. The van der Waals surface area contributed by atoms with Crippen molar-refractivity contribution >= 4 is 51.3 Å². The SMILES string of the molecule is COc1cc2c(Nc3ccc(Sc4nc(C)c(C)n4C(C)C)c(Cl)c3)c(C#N)cnc2cc1NCCCN(C)C. The lowest BCUT2D eigenvalue weighted by atomic mass is 10.1. The first kappa shape index (κ1) is 29.5. The smallest absolute Gasteiger partial charge is 0.173 e. The standard InChI is InChI=1S/C30H36ClN7OS/c1-18(2)38-20(4)19(3)35-30(38)40-28-10-9-22(13-24(28)31)36-29-21(16-32)17-34-25-15-26(27(39-7)14-23(25)29)33-11-8-12-37(5)6/h9-10,13-15,17-18,33H,8,11-12H2,1-7H3,(H,34,36). The predicted molar refractivity (Wildman–Crippen MR) is 166 cm³/mol. The van der Waals surface area contributed by atoms with Crippen molar-refractivity contribution in [2.45, 2.75) is 50.2 Å². The topological polar surface area (TPSA) is 91.0 Å². The Kier molecular flexibility index (Phi) is 9.46. The number of rotatable bonds is 11. The molecule has 40 heavy (non-hydrogen) atoms. The summed E-state index contributed by atoms with van der Waals surface area (Å²) in [6.07, 6.45) is 2.59. The summed E-state index contributed by atoms with van der Waals surface area (Å²) in [6.45, 7) is 10.2. The van der Waals surface area contributed by atoms with Crippen LogP contribution < -0.4 is 15.4 Å². The summed E-state index contributed by atoms with van der Waals surface area (Å²) in [4.78, 5) is 12.4. The van der Waals surface area contributed by atoms with Gasteiger partial charge in [-0.2, -0.15) is 5.26 Å². The van der Waals surface area contributed by atoms with E-state index < -0.39 is 0 Å². The zero-order valence-corrected chi connectivity index (χ0v) is 25.7. The number of aromatic nitrogens is 3. The number of benzene rings is 2. The number of hydrogen-bond acceptors (Lipinski definition) is 8. The molecule has 2 aromatic heterocycles. The Bertz CT molecular complexity index is 1560. The van der Waals surface area contributed by atoms with Crippen LogP contribution in [0.25, 0.3) is 10.9 Å². The van der Waals surface area contributed by atoms with Crippen LogP contribution in [0, 0.1) is 25.2 Å². The quantitative estimate of drug-likeness (QED) is 0.178. The molecular weight excluding hydrogens is 542 g/mol. The molecule has 0 aliphatic rings. The Labute approximate surface area is 245 Å². The summed E-state index contributed by atoms with van der Waals surface area (Å²) in [6, 6.07) is 12.2. The van der Waals surface area contributed by atoms with Gasteiger partial charge in [-0.25, -0.2) is 4.98 Å². The van der Waals surface area contributed by atoms with Gasteiger partial charge in [-0.15, -0.1) is 0 Å². The van der Waals surface area contributed by atoms with Crippen LogP contribution in [0.1, 0.15) is 43.3 Å². The van der Waals surface area contributed by atoms with E-state index >= 15 is 0 Å². The number of pyridine rings is 1. The van der Waals surface area contributed by atoms with Crippen molar-refractivity contribution in [3.63, 3.8) is 0 Å². The van der Waals surface area contributed by atoms with E-state index in [4.69, 9.17) is 21.3 Å². The number of hydrogen-bond donors (Lipinski definition) is 2. The van der Waals surface area contributed by atoms with Gasteiger partial charge >= 0.3 is 0 Å². The molecular formula is C30H36ClN7OS. The second kappa shape index (κ2) is 12.8. The second-order valence-corrected chi connectivity index (χ2v) is 11.6. The van der Waals surface area contributed by atoms with Crippen molar-refractivity contribution in [3.8, 4) is 11.8 Å². The summed E-state index contributed by atoms with van der Waals surface area (Å²) in [5.41, 5.74) is 5.64. The summed E-state index contributed by atoms with van der Waals surface area (Å²) >= 11 is 8.31. The van der Waals surface area contributed by atoms with Crippen molar-refractivity contribution in [3.05, 3.63) is 58.5 Å². The lowest BCUT2D eigenvalue weighted by molar-refractivity contribution is 0.404. The van der Waals surface area contributed by atoms with Crippen LogP contribution in [0.3, 0.4) is 0 Å². The van der Waals surface area contributed by atoms with Gasteiger partial charge in [0.15, 0.2) is 5.16 Å². The lowest BCUT2D eigenvalue weighted by Crippen LogP contribution is -2.16. The molecule has 0 aliphatic heterocycles. The molecule has 0 unspecified atom stereocenters. The first-order chi connectivity index (χ1) is 19.1. The number of imidazole rings is 1. The van der Waals surface area contributed by atoms with E-state index in [1.165, 1.54) is 0 Å². The number of nitrogens with zero attached hydrogens (tertiary/aromatic N) is 5. The fraction of sp³-hybridized carbons (Fsp3) is 0.367. The number of methoxy groups -OCH3 is 1. The Hall–Kier alpha value is -3.45. The molecule has 0 bridgehead atoms. The number of fused-ring (bicyclic) bond motifs is 1. The number of nitriles is 1. The van der Waals surface area contributed by atoms with Gasteiger partial charge in [0.05, 0.1) is 40.3 Å². The number of aryl methyl sites for hydroxylation is 1. The number of anilines is 3. The molecule has 10 heteroatoms. The zero-order valence-electron chi connectivity index (χ0n) is 24.1. The van der Waals surface area contributed by atoms with Crippen LogP contribution >= 0.6 is 23.4 Å². The Morgan fingerprint density at radius 1 is 1.20 bits per heavy atom. The molecule has 0 spiro atoms. The van der Waals surface area contributed by atoms with Crippen LogP contribution in [0.4, 0.5) is 17.1 Å².